The van der Waals surface area contributed by atoms with E-state index in [0.717, 1.165) is 0 Å². The monoisotopic (exact) mass is 508 g/mol. The Hall–Kier alpha value is -2.89. The molecule has 8 atom stereocenters. The van der Waals surface area contributed by atoms with E-state index in [2.05, 4.69) is 16.0 Å². The van der Waals surface area contributed by atoms with Crippen LogP contribution in [0.25, 0.3) is 0 Å². The van der Waals surface area contributed by atoms with E-state index in [1.165, 1.54) is 13.8 Å². The number of carbonyl (C=O) groups is 5. The molecule has 0 aromatic carbocycles. The Labute approximate surface area is 199 Å². The predicted octanol–water partition coefficient (Wildman–Crippen LogP) is -5.35. The molecule has 0 bridgehead atoms. The molecule has 16 heteroatoms. The number of rotatable bonds is 13. The topological polar surface area (TPSA) is 267 Å². The number of hydrogen-bond acceptors (Lipinski definition) is 11. The van der Waals surface area contributed by atoms with Gasteiger partial charge in [-0.15, -0.1) is 0 Å². The van der Waals surface area contributed by atoms with Gasteiger partial charge in [-0.1, -0.05) is 0 Å². The van der Waals surface area contributed by atoms with Crippen LogP contribution in [0.1, 0.15) is 26.7 Å². The highest BCUT2D eigenvalue weighted by Gasteiger charge is 2.47. The van der Waals surface area contributed by atoms with Crippen molar-refractivity contribution in [3.63, 3.8) is 0 Å². The minimum atomic E-state index is -1.76. The lowest BCUT2D eigenvalue weighted by Gasteiger charge is -2.43. The van der Waals surface area contributed by atoms with Gasteiger partial charge >= 0.3 is 5.97 Å². The predicted molar refractivity (Wildman–Crippen MR) is 113 cm³/mol. The molecule has 0 spiro atoms. The number of nitrogens with two attached hydrogens (primary N) is 1. The molecule has 0 radical (unpaired) electrons. The largest absolute Gasteiger partial charge is 0.481 e. The Balaban J connectivity index is 2.83. The zero-order valence-corrected chi connectivity index (χ0v) is 19.1. The molecule has 1 unspecified atom stereocenters. The minimum Gasteiger partial charge on any atom is -0.481 e. The molecule has 0 aliphatic carbocycles. The van der Waals surface area contributed by atoms with Crippen LogP contribution in [-0.2, 0) is 33.4 Å². The van der Waals surface area contributed by atoms with Crippen LogP contribution < -0.4 is 21.7 Å². The summed E-state index contributed by atoms with van der Waals surface area (Å²) in [5.74, 6) is -4.80. The van der Waals surface area contributed by atoms with Crippen LogP contribution >= 0.6 is 0 Å². The highest BCUT2D eigenvalue weighted by Crippen LogP contribution is 2.23. The van der Waals surface area contributed by atoms with Gasteiger partial charge in [0, 0.05) is 6.42 Å². The number of ether oxygens (including phenoxy) is 2. The van der Waals surface area contributed by atoms with Crippen LogP contribution in [0, 0.1) is 0 Å². The third-order valence-electron chi connectivity index (χ3n) is 5.13. The molecule has 35 heavy (non-hydrogen) atoms. The summed E-state index contributed by atoms with van der Waals surface area (Å²) in [5, 5.41) is 54.3. The van der Waals surface area contributed by atoms with Crippen molar-refractivity contribution in [2.75, 3.05) is 13.2 Å². The summed E-state index contributed by atoms with van der Waals surface area (Å²) in [6.07, 6.45) is -8.20. The maximum Gasteiger partial charge on any atom is 0.303 e. The van der Waals surface area contributed by atoms with Crippen LogP contribution in [-0.4, -0.2) is 117 Å². The van der Waals surface area contributed by atoms with E-state index in [4.69, 9.17) is 25.4 Å². The molecule has 1 aliphatic rings. The van der Waals surface area contributed by atoms with Crippen molar-refractivity contribution in [1.82, 2.24) is 16.0 Å². The second kappa shape index (κ2) is 13.9. The van der Waals surface area contributed by atoms with Gasteiger partial charge in [-0.2, -0.15) is 0 Å². The van der Waals surface area contributed by atoms with Crippen LogP contribution in [0.15, 0.2) is 0 Å². The highest BCUT2D eigenvalue weighted by atomic mass is 16.6. The smallest absolute Gasteiger partial charge is 0.303 e. The van der Waals surface area contributed by atoms with Crippen LogP contribution in [0.4, 0.5) is 0 Å². The first-order valence-electron chi connectivity index (χ1n) is 10.6. The van der Waals surface area contributed by atoms with Gasteiger partial charge in [0.25, 0.3) is 0 Å². The maximum atomic E-state index is 12.6. The molecule has 0 aromatic rings. The normalized spacial score (nSPS) is 26.6. The van der Waals surface area contributed by atoms with Crippen LogP contribution in [0.2, 0.25) is 0 Å². The van der Waals surface area contributed by atoms with Gasteiger partial charge < -0.3 is 56.7 Å². The minimum absolute atomic E-state index is 0.256. The van der Waals surface area contributed by atoms with E-state index in [9.17, 15) is 39.3 Å². The van der Waals surface area contributed by atoms with Crippen molar-refractivity contribution in [3.05, 3.63) is 0 Å². The van der Waals surface area contributed by atoms with Gasteiger partial charge in [0.15, 0.2) is 6.29 Å². The molecule has 1 fully saturated rings. The van der Waals surface area contributed by atoms with E-state index in [1.807, 2.05) is 0 Å². The number of amides is 4. The zero-order valence-electron chi connectivity index (χ0n) is 19.1. The van der Waals surface area contributed by atoms with Gasteiger partial charge in [0.1, 0.15) is 49.1 Å². The molecule has 0 saturated carbocycles. The summed E-state index contributed by atoms with van der Waals surface area (Å²) in [6, 6.07) is -3.92. The molecule has 0 aromatic heterocycles. The van der Waals surface area contributed by atoms with Gasteiger partial charge in [-0.25, -0.2) is 0 Å². The fourth-order valence-electron chi connectivity index (χ4n) is 3.18. The standard InChI is InChI=1S/C19H32N4O12/c1-7(17(31)22-9(16(20)30)3-4-12(27)28)21-18(32)8(2)34-15-13(23-11(26)6-25)19(33)35-10(5-24)14(15)29/h7-10,13-15,19,24-25,29,33H,3-6H2,1-2H3,(H2,20,30)(H,21,32)(H,22,31)(H,23,26)(H,27,28)/t7-,8+,9+,10+,13+,14+,15+,19?/m0/s1. The zero-order chi connectivity index (χ0) is 26.9. The maximum absolute atomic E-state index is 12.6. The summed E-state index contributed by atoms with van der Waals surface area (Å²) in [4.78, 5) is 58.6. The molecular formula is C19H32N4O12. The molecule has 1 saturated heterocycles. The Kier molecular flexibility index (Phi) is 11.9. The number of carboxylic acid groups (broad SMARTS) is 1. The van der Waals surface area contributed by atoms with Crippen molar-refractivity contribution in [2.45, 2.75) is 75.5 Å². The third kappa shape index (κ3) is 9.00. The van der Waals surface area contributed by atoms with Crippen molar-refractivity contribution in [3.8, 4) is 0 Å². The molecule has 10 N–H and O–H groups in total. The Bertz CT molecular complexity index is 781. The van der Waals surface area contributed by atoms with Crippen molar-refractivity contribution >= 4 is 29.6 Å². The summed E-state index contributed by atoms with van der Waals surface area (Å²) in [6.45, 7) is 0.844. The number of aliphatic carboxylic acids is 1. The fraction of sp³-hybridized carbons (Fsp3) is 0.737. The Morgan fingerprint density at radius 3 is 2.20 bits per heavy atom. The second-order valence-electron chi connectivity index (χ2n) is 7.86. The first-order chi connectivity index (χ1) is 16.3. The number of aliphatic hydroxyl groups is 4. The number of carbonyl (C=O) groups excluding carboxylic acids is 4. The van der Waals surface area contributed by atoms with E-state index in [0.29, 0.717) is 0 Å². The summed E-state index contributed by atoms with van der Waals surface area (Å²) in [7, 11) is 0. The lowest BCUT2D eigenvalue weighted by Crippen LogP contribution is -2.66. The molecule has 1 rings (SSSR count). The molecule has 1 heterocycles. The SMILES string of the molecule is C[C@H](NC(=O)[C@@H](C)O[C@H]1[C@H](O)[C@@H](CO)OC(O)[C@@H]1NC(=O)CO)C(=O)N[C@H](CCC(=O)O)C(N)=O. The number of nitrogens with one attached hydrogen (secondary N) is 3. The van der Waals surface area contributed by atoms with Gasteiger partial charge in [0.05, 0.1) is 6.61 Å². The van der Waals surface area contributed by atoms with Gasteiger partial charge in [-0.3, -0.25) is 24.0 Å². The van der Waals surface area contributed by atoms with Crippen molar-refractivity contribution < 1.29 is 59.0 Å². The first kappa shape index (κ1) is 30.1. The van der Waals surface area contributed by atoms with Crippen molar-refractivity contribution in [1.29, 1.82) is 0 Å². The number of primary amides is 1. The fourth-order valence-corrected chi connectivity index (χ4v) is 3.18. The second-order valence-corrected chi connectivity index (χ2v) is 7.86. The van der Waals surface area contributed by atoms with Gasteiger partial charge in [-0.05, 0) is 20.3 Å². The Morgan fingerprint density at radius 2 is 1.69 bits per heavy atom. The summed E-state index contributed by atoms with van der Waals surface area (Å²) in [5.41, 5.74) is 5.16. The quantitative estimate of drug-likeness (QED) is 0.113. The van der Waals surface area contributed by atoms with E-state index in [1.54, 1.807) is 0 Å². The number of hydrogen-bond donors (Lipinski definition) is 9. The average molecular weight is 508 g/mol. The lowest BCUT2D eigenvalue weighted by molar-refractivity contribution is -0.266. The van der Waals surface area contributed by atoms with E-state index in [-0.39, 0.29) is 6.42 Å². The average Bonchev–Trinajstić information content (AvgIpc) is 2.79. The molecular weight excluding hydrogens is 476 g/mol. The lowest BCUT2D eigenvalue weighted by atomic mass is 9.96. The number of carboxylic acids is 1. The first-order valence-corrected chi connectivity index (χ1v) is 10.6. The Morgan fingerprint density at radius 1 is 1.06 bits per heavy atom. The molecule has 16 nitrogen and oxygen atoms in total. The number of aliphatic hydroxyl groups excluding tert-OH is 4. The highest BCUT2D eigenvalue weighted by molar-refractivity contribution is 5.92. The van der Waals surface area contributed by atoms with Crippen LogP contribution in [0.5, 0.6) is 0 Å². The molecule has 4 amide bonds. The van der Waals surface area contributed by atoms with Crippen molar-refractivity contribution in [2.24, 2.45) is 5.73 Å². The molecule has 200 valence electrons. The van der Waals surface area contributed by atoms with Gasteiger partial charge in [0.2, 0.25) is 23.6 Å². The van der Waals surface area contributed by atoms with Crippen LogP contribution in [0.3, 0.4) is 0 Å². The molecule has 1 aliphatic heterocycles. The summed E-state index contributed by atoms with van der Waals surface area (Å²) < 4.78 is 10.5. The van der Waals surface area contributed by atoms with E-state index >= 15 is 0 Å². The van der Waals surface area contributed by atoms with E-state index < -0.39 is 98.1 Å². The summed E-state index contributed by atoms with van der Waals surface area (Å²) >= 11 is 0. The third-order valence-corrected chi connectivity index (χ3v) is 5.13.